The molecule has 0 saturated carbocycles. The van der Waals surface area contributed by atoms with Gasteiger partial charge in [-0.1, -0.05) is 250 Å². The van der Waals surface area contributed by atoms with E-state index < -0.39 is 5.41 Å². The molecule has 13 aromatic rings. The molecule has 0 fully saturated rings. The minimum absolute atomic E-state index is 0.280. The highest BCUT2D eigenvalue weighted by atomic mass is 15.1. The summed E-state index contributed by atoms with van der Waals surface area (Å²) < 4.78 is 0. The van der Waals surface area contributed by atoms with E-state index in [9.17, 15) is 0 Å². The van der Waals surface area contributed by atoms with Crippen LogP contribution in [0.4, 0.5) is 17.1 Å². The van der Waals surface area contributed by atoms with Gasteiger partial charge >= 0.3 is 0 Å². The predicted molar refractivity (Wildman–Crippen MR) is 317 cm³/mol. The van der Waals surface area contributed by atoms with Crippen LogP contribution < -0.4 is 4.90 Å². The molecule has 1 heteroatoms. The van der Waals surface area contributed by atoms with Gasteiger partial charge in [-0.25, -0.2) is 0 Å². The zero-order valence-corrected chi connectivity index (χ0v) is 41.9. The van der Waals surface area contributed by atoms with E-state index in [1.807, 2.05) is 0 Å². The highest BCUT2D eigenvalue weighted by Gasteiger charge is 2.46. The molecule has 0 saturated heterocycles. The minimum atomic E-state index is -0.490. The van der Waals surface area contributed by atoms with Crippen molar-refractivity contribution in [1.82, 2.24) is 0 Å². The van der Waals surface area contributed by atoms with E-state index in [4.69, 9.17) is 0 Å². The molecule has 2 aliphatic carbocycles. The van der Waals surface area contributed by atoms with Gasteiger partial charge in [0, 0.05) is 21.9 Å². The molecule has 0 spiro atoms. The summed E-state index contributed by atoms with van der Waals surface area (Å²) in [5.41, 5.74) is 20.8. The van der Waals surface area contributed by atoms with Crippen LogP contribution in [0.15, 0.2) is 273 Å². The first-order valence-corrected chi connectivity index (χ1v) is 26.3. The summed E-state index contributed by atoms with van der Waals surface area (Å²) in [6.07, 6.45) is 0. The summed E-state index contributed by atoms with van der Waals surface area (Å²) in [5.74, 6) is 0. The third-order valence-corrected chi connectivity index (χ3v) is 16.9. The van der Waals surface area contributed by atoms with E-state index in [-0.39, 0.29) is 5.41 Å². The van der Waals surface area contributed by atoms with Gasteiger partial charge in [0.1, 0.15) is 0 Å². The van der Waals surface area contributed by atoms with Crippen molar-refractivity contribution in [2.45, 2.75) is 24.7 Å². The molecule has 1 nitrogen and oxygen atoms in total. The molecule has 75 heavy (non-hydrogen) atoms. The summed E-state index contributed by atoms with van der Waals surface area (Å²) in [4.78, 5) is 2.48. The van der Waals surface area contributed by atoms with Crippen LogP contribution in [0.25, 0.3) is 87.6 Å². The summed E-state index contributed by atoms with van der Waals surface area (Å²) in [7, 11) is 0. The van der Waals surface area contributed by atoms with Gasteiger partial charge in [-0.2, -0.15) is 0 Å². The van der Waals surface area contributed by atoms with Crippen LogP contribution in [0, 0.1) is 0 Å². The molecule has 0 atom stereocenters. The van der Waals surface area contributed by atoms with Crippen molar-refractivity contribution >= 4 is 60.2 Å². The third-order valence-electron chi connectivity index (χ3n) is 16.9. The highest BCUT2D eigenvalue weighted by Crippen LogP contribution is 2.58. The normalized spacial score (nSPS) is 13.7. The quantitative estimate of drug-likeness (QED) is 0.144. The molecule has 0 unspecified atom stereocenters. The number of anilines is 3. The average Bonchev–Trinajstić information content (AvgIpc) is 3.89. The minimum Gasteiger partial charge on any atom is -0.309 e. The second-order valence-corrected chi connectivity index (χ2v) is 21.1. The molecule has 0 aliphatic heterocycles. The summed E-state index contributed by atoms with van der Waals surface area (Å²) in [6.45, 7) is 4.84. The Morgan fingerprint density at radius 1 is 0.280 bits per heavy atom. The molecule has 0 aromatic heterocycles. The van der Waals surface area contributed by atoms with E-state index in [2.05, 4.69) is 292 Å². The fourth-order valence-corrected chi connectivity index (χ4v) is 13.6. The Morgan fingerprint density at radius 3 is 1.20 bits per heavy atom. The monoisotopic (exact) mass is 953 g/mol. The molecular formula is C74H51N. The first-order valence-electron chi connectivity index (χ1n) is 26.3. The number of fused-ring (bicyclic) bond motifs is 10. The number of hydrogen-bond acceptors (Lipinski definition) is 1. The lowest BCUT2D eigenvalue weighted by molar-refractivity contribution is 0.660. The van der Waals surface area contributed by atoms with E-state index in [1.165, 1.54) is 132 Å². The first-order chi connectivity index (χ1) is 37.0. The van der Waals surface area contributed by atoms with E-state index in [0.29, 0.717) is 0 Å². The molecule has 15 rings (SSSR count). The Labute approximate surface area is 438 Å². The third kappa shape index (κ3) is 6.31. The first kappa shape index (κ1) is 43.3. The SMILES string of the molecule is CC1(C)c2cc(-c3c4ccccc4c(-c4ccc5c(c4)C(c4ccccc4)(c4ccccc4)c4ccccc4-5)c4ccccc34)ccc2-c2ccc(N(c3cccc4ccccc34)c3cccc4ccccc34)cc21. The lowest BCUT2D eigenvalue weighted by Crippen LogP contribution is -2.28. The van der Waals surface area contributed by atoms with Crippen molar-refractivity contribution in [3.63, 3.8) is 0 Å². The molecule has 2 aliphatic rings. The molecular weight excluding hydrogens is 903 g/mol. The van der Waals surface area contributed by atoms with E-state index in [1.54, 1.807) is 0 Å². The Kier molecular flexibility index (Phi) is 9.59. The van der Waals surface area contributed by atoms with Crippen LogP contribution in [-0.2, 0) is 10.8 Å². The summed E-state index contributed by atoms with van der Waals surface area (Å²) in [5, 5.41) is 9.90. The van der Waals surface area contributed by atoms with Crippen molar-refractivity contribution < 1.29 is 0 Å². The van der Waals surface area contributed by atoms with Gasteiger partial charge in [0.15, 0.2) is 0 Å². The highest BCUT2D eigenvalue weighted by molar-refractivity contribution is 6.22. The van der Waals surface area contributed by atoms with Crippen molar-refractivity contribution in [3.05, 3.63) is 306 Å². The van der Waals surface area contributed by atoms with Crippen molar-refractivity contribution in [2.24, 2.45) is 0 Å². The Bertz CT molecular complexity index is 4260. The van der Waals surface area contributed by atoms with Gasteiger partial charge in [-0.15, -0.1) is 0 Å². The summed E-state index contributed by atoms with van der Waals surface area (Å²) in [6, 6.07) is 102. The van der Waals surface area contributed by atoms with Crippen LogP contribution in [0.2, 0.25) is 0 Å². The van der Waals surface area contributed by atoms with Gasteiger partial charge in [0.2, 0.25) is 0 Å². The maximum Gasteiger partial charge on any atom is 0.0713 e. The van der Waals surface area contributed by atoms with Gasteiger partial charge in [0.05, 0.1) is 16.8 Å². The van der Waals surface area contributed by atoms with Crippen LogP contribution in [0.1, 0.15) is 47.2 Å². The maximum atomic E-state index is 2.52. The smallest absolute Gasteiger partial charge is 0.0713 e. The Morgan fingerprint density at radius 2 is 0.667 bits per heavy atom. The number of hydrogen-bond donors (Lipinski definition) is 0. The van der Waals surface area contributed by atoms with Gasteiger partial charge in [0.25, 0.3) is 0 Å². The fraction of sp³-hybridized carbons (Fsp3) is 0.0541. The zero-order valence-electron chi connectivity index (χ0n) is 41.9. The number of rotatable bonds is 7. The number of benzene rings is 13. The molecule has 0 radical (unpaired) electrons. The molecule has 0 heterocycles. The van der Waals surface area contributed by atoms with Crippen molar-refractivity contribution in [3.8, 4) is 44.5 Å². The van der Waals surface area contributed by atoms with Gasteiger partial charge in [-0.3, -0.25) is 0 Å². The summed E-state index contributed by atoms with van der Waals surface area (Å²) >= 11 is 0. The van der Waals surface area contributed by atoms with Crippen LogP contribution in [-0.4, -0.2) is 0 Å². The Balaban J connectivity index is 0.895. The lowest BCUT2D eigenvalue weighted by Gasteiger charge is -2.34. The maximum absolute atomic E-state index is 2.52. The molecule has 352 valence electrons. The van der Waals surface area contributed by atoms with Crippen LogP contribution in [0.3, 0.4) is 0 Å². The predicted octanol–water partition coefficient (Wildman–Crippen LogP) is 19.8. The van der Waals surface area contributed by atoms with E-state index >= 15 is 0 Å². The fourth-order valence-electron chi connectivity index (χ4n) is 13.6. The topological polar surface area (TPSA) is 3.24 Å². The second kappa shape index (κ2) is 16.6. The van der Waals surface area contributed by atoms with Gasteiger partial charge in [-0.05, 0) is 147 Å². The molecule has 13 aromatic carbocycles. The molecule has 0 amide bonds. The lowest BCUT2D eigenvalue weighted by atomic mass is 9.67. The van der Waals surface area contributed by atoms with Crippen LogP contribution in [0.5, 0.6) is 0 Å². The standard InChI is InChI=1S/C74H51N/c1-73(2)66-45-50(39-42-58(66)59-44-41-54(47-67(59)73)75(69-37-19-23-48-21-9-11-29-55(48)69)70-38-20-24-49-22-10-12-30-56(49)70)71-61-32-13-15-34-63(61)72(64-35-16-14-33-62(64)71)51-40-43-60-57-31-17-18-36-65(57)74(68(60)46-51,52-25-5-3-6-26-52)53-27-7-4-8-28-53/h3-47H,1-2H3. The largest absolute Gasteiger partial charge is 0.309 e. The zero-order chi connectivity index (χ0) is 49.8. The molecule has 0 bridgehead atoms. The van der Waals surface area contributed by atoms with Gasteiger partial charge < -0.3 is 4.90 Å². The average molecular weight is 954 g/mol. The van der Waals surface area contributed by atoms with Crippen molar-refractivity contribution in [1.29, 1.82) is 0 Å². The molecule has 0 N–H and O–H groups in total. The van der Waals surface area contributed by atoms with Crippen molar-refractivity contribution in [2.75, 3.05) is 4.90 Å². The second-order valence-electron chi connectivity index (χ2n) is 21.1. The van der Waals surface area contributed by atoms with Crippen LogP contribution >= 0.6 is 0 Å². The Hall–Kier alpha value is -9.30. The number of nitrogens with zero attached hydrogens (tertiary/aromatic N) is 1. The van der Waals surface area contributed by atoms with E-state index in [0.717, 1.165) is 5.69 Å².